The number of pyridine rings is 2. The molecule has 0 fully saturated rings. The van der Waals surface area contributed by atoms with Crippen LogP contribution in [-0.2, 0) is 11.3 Å². The molecule has 1 aromatic carbocycles. The van der Waals surface area contributed by atoms with Crippen molar-refractivity contribution >= 4 is 17.5 Å². The second-order valence-corrected chi connectivity index (χ2v) is 7.67. The van der Waals surface area contributed by atoms with Crippen molar-refractivity contribution in [3.8, 4) is 11.3 Å². The Morgan fingerprint density at radius 3 is 2.34 bits per heavy atom. The van der Waals surface area contributed by atoms with Crippen LogP contribution in [0.1, 0.15) is 29.8 Å². The summed E-state index contributed by atoms with van der Waals surface area (Å²) in [6.07, 6.45) is 1.77. The quantitative estimate of drug-likeness (QED) is 0.568. The van der Waals surface area contributed by atoms with E-state index in [1.807, 2.05) is 19.9 Å². The highest BCUT2D eigenvalue weighted by molar-refractivity contribution is 5.96. The summed E-state index contributed by atoms with van der Waals surface area (Å²) in [5.41, 5.74) is 3.07. The molecule has 0 aliphatic carbocycles. The van der Waals surface area contributed by atoms with Gasteiger partial charge in [-0.25, -0.2) is 0 Å². The van der Waals surface area contributed by atoms with E-state index in [1.54, 1.807) is 54.9 Å². The molecule has 32 heavy (non-hydrogen) atoms. The minimum absolute atomic E-state index is 0.0379. The molecule has 0 spiro atoms. The molecule has 0 bridgehead atoms. The number of carbonyl (C=O) groups excluding carboxylic acids is 2. The maximum Gasteiger partial charge on any atom is 0.316 e. The number of nitrogens with zero attached hydrogens (tertiary/aromatic N) is 3. The van der Waals surface area contributed by atoms with Gasteiger partial charge in [-0.3, -0.25) is 19.6 Å². The van der Waals surface area contributed by atoms with Gasteiger partial charge in [-0.2, -0.15) is 8.78 Å². The molecule has 3 aromatic rings. The van der Waals surface area contributed by atoms with E-state index in [0.29, 0.717) is 23.5 Å². The summed E-state index contributed by atoms with van der Waals surface area (Å²) in [5.74, 6) is -1.43. The summed E-state index contributed by atoms with van der Waals surface area (Å²) in [5, 5.41) is 2.81. The van der Waals surface area contributed by atoms with Crippen molar-refractivity contribution in [2.24, 2.45) is 5.92 Å². The first kappa shape index (κ1) is 23.0. The van der Waals surface area contributed by atoms with Gasteiger partial charge in [0, 0.05) is 42.9 Å². The van der Waals surface area contributed by atoms with E-state index in [9.17, 15) is 18.4 Å². The fraction of sp³-hybridized carbons (Fsp3) is 0.250. The van der Waals surface area contributed by atoms with E-state index in [-0.39, 0.29) is 18.4 Å². The highest BCUT2D eigenvalue weighted by Crippen LogP contribution is 2.24. The fourth-order valence-electron chi connectivity index (χ4n) is 3.10. The lowest BCUT2D eigenvalue weighted by Crippen LogP contribution is -2.38. The number of rotatable bonds is 8. The summed E-state index contributed by atoms with van der Waals surface area (Å²) >= 11 is 0. The number of anilines is 1. The highest BCUT2D eigenvalue weighted by Gasteiger charge is 2.25. The minimum atomic E-state index is -3.06. The molecular formula is C24H24F2N4O2. The molecule has 8 heteroatoms. The molecule has 2 aromatic heterocycles. The zero-order chi connectivity index (χ0) is 23.1. The number of benzene rings is 1. The average molecular weight is 438 g/mol. The van der Waals surface area contributed by atoms with E-state index < -0.39 is 12.3 Å². The van der Waals surface area contributed by atoms with Crippen LogP contribution in [0.15, 0.2) is 67.1 Å². The first-order chi connectivity index (χ1) is 15.3. The Kier molecular flexibility index (Phi) is 7.59. The number of aromatic nitrogens is 2. The van der Waals surface area contributed by atoms with E-state index in [1.165, 1.54) is 6.20 Å². The van der Waals surface area contributed by atoms with Crippen LogP contribution in [0.5, 0.6) is 0 Å². The van der Waals surface area contributed by atoms with Crippen LogP contribution in [0.2, 0.25) is 0 Å². The van der Waals surface area contributed by atoms with Crippen molar-refractivity contribution in [2.75, 3.05) is 11.4 Å². The summed E-state index contributed by atoms with van der Waals surface area (Å²) in [6, 6.07) is 13.7. The van der Waals surface area contributed by atoms with Gasteiger partial charge < -0.3 is 10.2 Å². The van der Waals surface area contributed by atoms with Gasteiger partial charge in [-0.05, 0) is 41.8 Å². The van der Waals surface area contributed by atoms with Crippen molar-refractivity contribution in [1.82, 2.24) is 15.3 Å². The molecule has 0 saturated heterocycles. The summed E-state index contributed by atoms with van der Waals surface area (Å²) in [6.45, 7) is 4.28. The molecular weight excluding hydrogens is 414 g/mol. The van der Waals surface area contributed by atoms with Gasteiger partial charge in [0.15, 0.2) is 0 Å². The topological polar surface area (TPSA) is 75.2 Å². The predicted octanol–water partition coefficient (Wildman–Crippen LogP) is 4.33. The second-order valence-electron chi connectivity index (χ2n) is 7.67. The third-order valence-electron chi connectivity index (χ3n) is 4.68. The Balaban J connectivity index is 1.69. The number of hydrogen-bond acceptors (Lipinski definition) is 4. The molecule has 0 saturated carbocycles. The monoisotopic (exact) mass is 438 g/mol. The fourth-order valence-corrected chi connectivity index (χ4v) is 3.10. The van der Waals surface area contributed by atoms with Crippen LogP contribution < -0.4 is 10.2 Å². The second kappa shape index (κ2) is 10.6. The Morgan fingerprint density at radius 2 is 1.78 bits per heavy atom. The number of alkyl halides is 2. The van der Waals surface area contributed by atoms with Crippen LogP contribution in [0.4, 0.5) is 14.5 Å². The molecule has 0 aliphatic heterocycles. The molecule has 3 rings (SSSR count). The minimum Gasteiger partial charge on any atom is -0.348 e. The molecule has 0 aliphatic rings. The van der Waals surface area contributed by atoms with E-state index in [2.05, 4.69) is 15.3 Å². The lowest BCUT2D eigenvalue weighted by molar-refractivity contribution is -0.129. The molecule has 0 unspecified atom stereocenters. The number of hydrogen-bond donors (Lipinski definition) is 1. The van der Waals surface area contributed by atoms with Crippen molar-refractivity contribution in [1.29, 1.82) is 0 Å². The molecule has 0 atom stereocenters. The maximum absolute atomic E-state index is 13.0. The third kappa shape index (κ3) is 5.94. The van der Waals surface area contributed by atoms with Gasteiger partial charge in [-0.15, -0.1) is 0 Å². The molecule has 166 valence electrons. The first-order valence-electron chi connectivity index (χ1n) is 10.2. The largest absolute Gasteiger partial charge is 0.348 e. The molecule has 1 N–H and O–H groups in total. The van der Waals surface area contributed by atoms with Crippen LogP contribution in [-0.4, -0.2) is 34.8 Å². The summed E-state index contributed by atoms with van der Waals surface area (Å²) in [7, 11) is 0. The smallest absolute Gasteiger partial charge is 0.316 e. The number of halogens is 2. The Labute approximate surface area is 185 Å². The zero-order valence-electron chi connectivity index (χ0n) is 17.8. The standard InChI is InChI=1S/C24H24F2N4O2/c1-16(2)15-30(24(32)22(25)26)20-8-5-18(6-9-20)21-10-7-19(14-28-21)23(31)29-13-17-4-3-11-27-12-17/h3-12,14,16,22H,13,15H2,1-2H3,(H,29,31). The van der Waals surface area contributed by atoms with Crippen LogP contribution in [0.3, 0.4) is 0 Å². The van der Waals surface area contributed by atoms with E-state index >= 15 is 0 Å². The van der Waals surface area contributed by atoms with Gasteiger partial charge in [0.2, 0.25) is 0 Å². The van der Waals surface area contributed by atoms with Gasteiger partial charge in [-0.1, -0.05) is 32.0 Å². The van der Waals surface area contributed by atoms with Gasteiger partial charge in [0.05, 0.1) is 11.3 Å². The van der Waals surface area contributed by atoms with Gasteiger partial charge in [0.1, 0.15) is 0 Å². The molecule has 2 amide bonds. The average Bonchev–Trinajstić information content (AvgIpc) is 2.81. The number of carbonyl (C=O) groups is 2. The number of amides is 2. The summed E-state index contributed by atoms with van der Waals surface area (Å²) in [4.78, 5) is 33.7. The molecule has 0 radical (unpaired) electrons. The van der Waals surface area contributed by atoms with Crippen molar-refractivity contribution in [3.05, 3.63) is 78.2 Å². The predicted molar refractivity (Wildman–Crippen MR) is 118 cm³/mol. The van der Waals surface area contributed by atoms with Crippen molar-refractivity contribution < 1.29 is 18.4 Å². The van der Waals surface area contributed by atoms with Crippen molar-refractivity contribution in [2.45, 2.75) is 26.8 Å². The number of nitrogens with one attached hydrogen (secondary N) is 1. The Bertz CT molecular complexity index is 1040. The lowest BCUT2D eigenvalue weighted by atomic mass is 10.1. The van der Waals surface area contributed by atoms with Crippen LogP contribution in [0, 0.1) is 5.92 Å². The first-order valence-corrected chi connectivity index (χ1v) is 10.2. The zero-order valence-corrected chi connectivity index (χ0v) is 17.8. The van der Waals surface area contributed by atoms with Gasteiger partial charge in [0.25, 0.3) is 11.8 Å². The van der Waals surface area contributed by atoms with Crippen molar-refractivity contribution in [3.63, 3.8) is 0 Å². The molecule has 2 heterocycles. The Hall–Kier alpha value is -3.68. The third-order valence-corrected chi connectivity index (χ3v) is 4.68. The van der Waals surface area contributed by atoms with Crippen LogP contribution in [0.25, 0.3) is 11.3 Å². The molecule has 6 nitrogen and oxygen atoms in total. The van der Waals surface area contributed by atoms with E-state index in [4.69, 9.17) is 0 Å². The highest BCUT2D eigenvalue weighted by atomic mass is 19.3. The maximum atomic E-state index is 13.0. The van der Waals surface area contributed by atoms with Crippen LogP contribution >= 0.6 is 0 Å². The normalized spacial score (nSPS) is 10.9. The Morgan fingerprint density at radius 1 is 1.03 bits per heavy atom. The lowest BCUT2D eigenvalue weighted by Gasteiger charge is -2.24. The van der Waals surface area contributed by atoms with E-state index in [0.717, 1.165) is 16.0 Å². The van der Waals surface area contributed by atoms with Gasteiger partial charge >= 0.3 is 6.43 Å². The summed E-state index contributed by atoms with van der Waals surface area (Å²) < 4.78 is 26.0. The SMILES string of the molecule is CC(C)CN(C(=O)C(F)F)c1ccc(-c2ccc(C(=O)NCc3cccnc3)cn2)cc1.